The molecule has 3 aromatic rings. The molecule has 6 heteroatoms. The summed E-state index contributed by atoms with van der Waals surface area (Å²) in [4.78, 5) is 16.4. The predicted octanol–water partition coefficient (Wildman–Crippen LogP) is 4.26. The van der Waals surface area contributed by atoms with Gasteiger partial charge in [0.15, 0.2) is 0 Å². The van der Waals surface area contributed by atoms with Crippen LogP contribution in [-0.2, 0) is 11.3 Å². The van der Waals surface area contributed by atoms with E-state index >= 15 is 0 Å². The van der Waals surface area contributed by atoms with Gasteiger partial charge >= 0.3 is 0 Å². The largest absolute Gasteiger partial charge is 0.373 e. The molecule has 26 heavy (non-hydrogen) atoms. The summed E-state index contributed by atoms with van der Waals surface area (Å²) >= 11 is 1.54. The zero-order valence-corrected chi connectivity index (χ0v) is 15.5. The van der Waals surface area contributed by atoms with Crippen LogP contribution in [-0.4, -0.2) is 34.7 Å². The van der Waals surface area contributed by atoms with Crippen molar-refractivity contribution in [1.29, 1.82) is 0 Å². The van der Waals surface area contributed by atoms with Crippen LogP contribution in [0.3, 0.4) is 0 Å². The Morgan fingerprint density at radius 1 is 1.31 bits per heavy atom. The summed E-state index contributed by atoms with van der Waals surface area (Å²) in [6, 6.07) is 14.0. The molecule has 1 atom stereocenters. The number of carbonyl (C=O) groups excluding carboxylic acids is 1. The van der Waals surface area contributed by atoms with E-state index in [0.717, 1.165) is 46.0 Å². The number of thiophene rings is 1. The lowest BCUT2D eigenvalue weighted by atomic mass is 10.1. The summed E-state index contributed by atoms with van der Waals surface area (Å²) in [5.74, 6) is 0.0273. The maximum atomic E-state index is 12.8. The number of nitrogens with zero attached hydrogens (tertiary/aromatic N) is 2. The van der Waals surface area contributed by atoms with Crippen molar-refractivity contribution >= 4 is 17.2 Å². The van der Waals surface area contributed by atoms with Gasteiger partial charge in [0.25, 0.3) is 5.91 Å². The molecule has 4 rings (SSSR count). The highest BCUT2D eigenvalue weighted by molar-refractivity contribution is 7.14. The van der Waals surface area contributed by atoms with Gasteiger partial charge in [0.05, 0.1) is 22.9 Å². The first-order valence-electron chi connectivity index (χ1n) is 8.77. The molecule has 2 aromatic heterocycles. The van der Waals surface area contributed by atoms with E-state index in [-0.39, 0.29) is 12.0 Å². The van der Waals surface area contributed by atoms with Crippen molar-refractivity contribution in [2.75, 3.05) is 13.7 Å². The van der Waals surface area contributed by atoms with E-state index in [1.165, 1.54) is 0 Å². The van der Waals surface area contributed by atoms with Crippen molar-refractivity contribution in [3.05, 3.63) is 64.0 Å². The molecule has 1 amide bonds. The lowest BCUT2D eigenvalue weighted by Gasteiger charge is -2.16. The summed E-state index contributed by atoms with van der Waals surface area (Å²) in [7, 11) is 1.83. The van der Waals surface area contributed by atoms with Gasteiger partial charge in [0.2, 0.25) is 0 Å². The van der Waals surface area contributed by atoms with Crippen LogP contribution in [0, 0.1) is 0 Å². The molecular weight excluding hydrogens is 346 g/mol. The van der Waals surface area contributed by atoms with Gasteiger partial charge in [0, 0.05) is 30.6 Å². The van der Waals surface area contributed by atoms with E-state index in [9.17, 15) is 4.79 Å². The highest BCUT2D eigenvalue weighted by Gasteiger charge is 2.22. The molecule has 1 fully saturated rings. The zero-order valence-electron chi connectivity index (χ0n) is 14.6. The molecule has 0 bridgehead atoms. The maximum absolute atomic E-state index is 12.8. The molecule has 0 aliphatic carbocycles. The van der Waals surface area contributed by atoms with E-state index in [0.29, 0.717) is 6.54 Å². The fourth-order valence-electron chi connectivity index (χ4n) is 3.24. The predicted molar refractivity (Wildman–Crippen MR) is 102 cm³/mol. The molecule has 0 spiro atoms. The fraction of sp³-hybridized carbons (Fsp3) is 0.300. The van der Waals surface area contributed by atoms with Gasteiger partial charge in [-0.1, -0.05) is 30.3 Å². The monoisotopic (exact) mass is 367 g/mol. The van der Waals surface area contributed by atoms with Gasteiger partial charge in [-0.25, -0.2) is 0 Å². The van der Waals surface area contributed by atoms with Crippen molar-refractivity contribution in [2.45, 2.75) is 25.5 Å². The van der Waals surface area contributed by atoms with Crippen LogP contribution in [0.5, 0.6) is 0 Å². The number of hydrogen-bond acceptors (Lipinski definition) is 4. The second-order valence-electron chi connectivity index (χ2n) is 6.50. The van der Waals surface area contributed by atoms with E-state index in [1.54, 1.807) is 22.4 Å². The quantitative estimate of drug-likeness (QED) is 0.733. The molecule has 134 valence electrons. The van der Waals surface area contributed by atoms with E-state index in [2.05, 4.69) is 10.2 Å². The first-order chi connectivity index (χ1) is 12.7. The summed E-state index contributed by atoms with van der Waals surface area (Å²) in [6.45, 7) is 1.32. The van der Waals surface area contributed by atoms with Crippen LogP contribution in [0.25, 0.3) is 11.3 Å². The minimum absolute atomic E-state index is 0.0273. The summed E-state index contributed by atoms with van der Waals surface area (Å²) in [5, 5.41) is 7.21. The Balaban J connectivity index is 1.48. The number of amides is 1. The van der Waals surface area contributed by atoms with E-state index in [1.807, 2.05) is 49.5 Å². The molecule has 5 nitrogen and oxygen atoms in total. The number of hydrogen-bond donors (Lipinski definition) is 1. The Morgan fingerprint density at radius 3 is 2.92 bits per heavy atom. The number of benzene rings is 1. The van der Waals surface area contributed by atoms with Crippen molar-refractivity contribution in [2.24, 2.45) is 0 Å². The molecule has 1 aliphatic rings. The van der Waals surface area contributed by atoms with Crippen molar-refractivity contribution in [1.82, 2.24) is 15.1 Å². The highest BCUT2D eigenvalue weighted by atomic mass is 32.1. The number of carbonyl (C=O) groups is 1. The van der Waals surface area contributed by atoms with Gasteiger partial charge in [-0.05, 0) is 30.5 Å². The third-order valence-corrected chi connectivity index (χ3v) is 5.78. The minimum atomic E-state index is 0.0273. The van der Waals surface area contributed by atoms with E-state index in [4.69, 9.17) is 4.74 Å². The average Bonchev–Trinajstić information content (AvgIpc) is 3.42. The van der Waals surface area contributed by atoms with Crippen LogP contribution >= 0.6 is 11.3 Å². The first-order valence-corrected chi connectivity index (χ1v) is 9.58. The summed E-state index contributed by atoms with van der Waals surface area (Å²) < 4.78 is 5.72. The molecule has 3 heterocycles. The lowest BCUT2D eigenvalue weighted by molar-refractivity contribution is 0.0790. The highest BCUT2D eigenvalue weighted by Crippen LogP contribution is 2.33. The van der Waals surface area contributed by atoms with Gasteiger partial charge in [0.1, 0.15) is 0 Å². The molecule has 0 saturated carbocycles. The van der Waals surface area contributed by atoms with Crippen LogP contribution in [0.4, 0.5) is 0 Å². The Labute approximate surface area is 156 Å². The first kappa shape index (κ1) is 17.0. The Kier molecular flexibility index (Phi) is 4.86. The average molecular weight is 367 g/mol. The zero-order chi connectivity index (χ0) is 17.9. The van der Waals surface area contributed by atoms with Gasteiger partial charge in [-0.15, -0.1) is 11.3 Å². The number of aromatic nitrogens is 2. The summed E-state index contributed by atoms with van der Waals surface area (Å²) in [6.07, 6.45) is 4.08. The van der Waals surface area contributed by atoms with Crippen LogP contribution in [0.1, 0.15) is 39.1 Å². The smallest absolute Gasteiger partial charge is 0.263 e. The maximum Gasteiger partial charge on any atom is 0.263 e. The number of aromatic amines is 1. The van der Waals surface area contributed by atoms with Crippen molar-refractivity contribution in [3.8, 4) is 11.3 Å². The molecule has 0 radical (unpaired) electrons. The topological polar surface area (TPSA) is 58.2 Å². The van der Waals surface area contributed by atoms with E-state index < -0.39 is 0 Å². The molecular formula is C20H21N3O2S. The van der Waals surface area contributed by atoms with Gasteiger partial charge in [-0.3, -0.25) is 9.89 Å². The van der Waals surface area contributed by atoms with Crippen LogP contribution < -0.4 is 0 Å². The Morgan fingerprint density at radius 2 is 2.15 bits per heavy atom. The second kappa shape index (κ2) is 7.43. The molecule has 1 N–H and O–H groups in total. The SMILES string of the molecule is CN(Cc1cn[nH]c1-c1ccccc1)C(=O)c1ccc([C@@H]2CCCO2)s1. The van der Waals surface area contributed by atoms with Crippen LogP contribution in [0.2, 0.25) is 0 Å². The van der Waals surface area contributed by atoms with Gasteiger partial charge in [-0.2, -0.15) is 5.10 Å². The van der Waals surface area contributed by atoms with Crippen molar-refractivity contribution in [3.63, 3.8) is 0 Å². The van der Waals surface area contributed by atoms with Crippen molar-refractivity contribution < 1.29 is 9.53 Å². The number of H-pyrrole nitrogens is 1. The fourth-order valence-corrected chi connectivity index (χ4v) is 4.33. The van der Waals surface area contributed by atoms with Gasteiger partial charge < -0.3 is 9.64 Å². The Hall–Kier alpha value is -2.44. The second-order valence-corrected chi connectivity index (χ2v) is 7.62. The summed E-state index contributed by atoms with van der Waals surface area (Å²) in [5.41, 5.74) is 3.03. The number of nitrogens with one attached hydrogen (secondary N) is 1. The standard InChI is InChI=1S/C20H21N3O2S/c1-23(13-15-12-21-22-19(15)14-6-3-2-4-7-14)20(24)18-10-9-17(26-18)16-8-5-11-25-16/h2-4,6-7,9-10,12,16H,5,8,11,13H2,1H3,(H,21,22)/t16-/m0/s1. The molecule has 1 aliphatic heterocycles. The number of ether oxygens (including phenoxy) is 1. The molecule has 1 saturated heterocycles. The third-order valence-electron chi connectivity index (χ3n) is 4.62. The Bertz CT molecular complexity index is 881. The third kappa shape index (κ3) is 3.43. The number of rotatable bonds is 5. The molecule has 1 aromatic carbocycles. The minimum Gasteiger partial charge on any atom is -0.373 e. The molecule has 0 unspecified atom stereocenters. The van der Waals surface area contributed by atoms with Crippen LogP contribution in [0.15, 0.2) is 48.7 Å². The normalized spacial score (nSPS) is 16.7. The lowest BCUT2D eigenvalue weighted by Crippen LogP contribution is -2.25.